The molecule has 222 valence electrons. The smallest absolute Gasteiger partial charge is 0.387 e. The maximum absolute atomic E-state index is 14.7. The fraction of sp³-hybridized carbons (Fsp3) is 0.655. The van der Waals surface area contributed by atoms with Crippen LogP contribution < -0.4 is 20.1 Å². The van der Waals surface area contributed by atoms with E-state index in [9.17, 15) is 13.2 Å². The molecule has 1 aromatic carbocycles. The predicted octanol–water partition coefficient (Wildman–Crippen LogP) is 6.28. The van der Waals surface area contributed by atoms with Gasteiger partial charge in [0.1, 0.15) is 6.10 Å². The highest BCUT2D eigenvalue weighted by Gasteiger charge is 2.43. The predicted molar refractivity (Wildman–Crippen MR) is 151 cm³/mol. The molecular formula is C29H43F3N6O2. The Morgan fingerprint density at radius 2 is 1.68 bits per heavy atom. The highest BCUT2D eigenvalue weighted by molar-refractivity contribution is 5.60. The Bertz CT molecular complexity index is 1140. The van der Waals surface area contributed by atoms with Gasteiger partial charge in [0.2, 0.25) is 5.95 Å². The highest BCUT2D eigenvalue weighted by Crippen LogP contribution is 2.38. The Morgan fingerprint density at radius 1 is 1.02 bits per heavy atom. The van der Waals surface area contributed by atoms with Gasteiger partial charge in [0.25, 0.3) is 0 Å². The molecule has 11 heteroatoms. The number of benzene rings is 1. The summed E-state index contributed by atoms with van der Waals surface area (Å²) in [4.78, 5) is 13.1. The largest absolute Gasteiger partial charge is 0.486 e. The van der Waals surface area contributed by atoms with Crippen molar-refractivity contribution in [1.29, 1.82) is 0 Å². The third-order valence-corrected chi connectivity index (χ3v) is 8.31. The molecule has 2 aromatic rings. The first-order chi connectivity index (χ1) is 18.7. The zero-order valence-corrected chi connectivity index (χ0v) is 24.6. The lowest BCUT2D eigenvalue weighted by molar-refractivity contribution is -0.0525. The summed E-state index contributed by atoms with van der Waals surface area (Å²) in [7, 11) is 2.11. The summed E-state index contributed by atoms with van der Waals surface area (Å²) in [6.07, 6.45) is 4.24. The molecule has 8 nitrogen and oxygen atoms in total. The van der Waals surface area contributed by atoms with E-state index in [4.69, 9.17) is 9.47 Å². The second kappa shape index (κ2) is 12.0. The highest BCUT2D eigenvalue weighted by atomic mass is 19.3. The molecule has 2 aliphatic heterocycles. The Kier molecular flexibility index (Phi) is 9.04. The van der Waals surface area contributed by atoms with Gasteiger partial charge in [-0.15, -0.1) is 0 Å². The van der Waals surface area contributed by atoms with Crippen molar-refractivity contribution in [2.75, 3.05) is 30.8 Å². The standard InChI is InChI=1S/C29H43F3N6O2/c1-18(2)38-12-10-21(11-13-38)39-23-9-8-19(14-24(23)40-26(31)32)35-27-33-17-22(30)25(36-27)34-20-15-28(3,4)37(7)29(5,6)16-20/h8-9,14,17-18,20-21,26H,10-13,15-16H2,1-7H3,(H2,33,34,35,36). The summed E-state index contributed by atoms with van der Waals surface area (Å²) in [5.74, 6) is -0.163. The quantitative estimate of drug-likeness (QED) is 0.369. The van der Waals surface area contributed by atoms with E-state index in [0.717, 1.165) is 45.0 Å². The molecule has 0 spiro atoms. The van der Waals surface area contributed by atoms with Gasteiger partial charge in [-0.25, -0.2) is 9.37 Å². The van der Waals surface area contributed by atoms with Crippen molar-refractivity contribution in [1.82, 2.24) is 19.8 Å². The Balaban J connectivity index is 1.47. The van der Waals surface area contributed by atoms with Crippen molar-refractivity contribution < 1.29 is 22.6 Å². The lowest BCUT2D eigenvalue weighted by Gasteiger charge is -2.53. The van der Waals surface area contributed by atoms with E-state index < -0.39 is 12.4 Å². The number of anilines is 3. The number of ether oxygens (including phenoxy) is 2. The maximum atomic E-state index is 14.7. The minimum absolute atomic E-state index is 0.00771. The van der Waals surface area contributed by atoms with E-state index in [-0.39, 0.29) is 46.5 Å². The van der Waals surface area contributed by atoms with Gasteiger partial charge in [0.15, 0.2) is 23.1 Å². The first-order valence-corrected chi connectivity index (χ1v) is 14.0. The molecule has 0 unspecified atom stereocenters. The van der Waals surface area contributed by atoms with Gasteiger partial charge in [0, 0.05) is 48.0 Å². The molecule has 0 saturated carbocycles. The molecule has 0 radical (unpaired) electrons. The Hall–Kier alpha value is -2.79. The van der Waals surface area contributed by atoms with Crippen LogP contribution in [0.1, 0.15) is 67.2 Å². The van der Waals surface area contributed by atoms with Gasteiger partial charge in [-0.05, 0) is 86.4 Å². The number of halogens is 3. The number of nitrogens with one attached hydrogen (secondary N) is 2. The summed E-state index contributed by atoms with van der Waals surface area (Å²) in [6.45, 7) is 11.8. The molecule has 40 heavy (non-hydrogen) atoms. The van der Waals surface area contributed by atoms with Gasteiger partial charge in [-0.1, -0.05) is 0 Å². The van der Waals surface area contributed by atoms with Crippen LogP contribution in [-0.4, -0.2) is 75.8 Å². The fourth-order valence-corrected chi connectivity index (χ4v) is 5.89. The van der Waals surface area contributed by atoms with Crippen molar-refractivity contribution in [2.45, 2.75) is 103 Å². The summed E-state index contributed by atoms with van der Waals surface area (Å²) < 4.78 is 52.1. The molecule has 3 heterocycles. The van der Waals surface area contributed by atoms with E-state index in [1.165, 1.54) is 6.07 Å². The van der Waals surface area contributed by atoms with Crippen molar-refractivity contribution in [3.8, 4) is 11.5 Å². The summed E-state index contributed by atoms with van der Waals surface area (Å²) >= 11 is 0. The van der Waals surface area contributed by atoms with Crippen LogP contribution in [0.2, 0.25) is 0 Å². The molecule has 2 aliphatic rings. The molecule has 0 atom stereocenters. The van der Waals surface area contributed by atoms with E-state index in [2.05, 4.69) is 79.0 Å². The number of rotatable bonds is 9. The van der Waals surface area contributed by atoms with Crippen LogP contribution in [0, 0.1) is 5.82 Å². The SMILES string of the molecule is CC(C)N1CCC(Oc2ccc(Nc3ncc(F)c(NC4CC(C)(C)N(C)C(C)(C)C4)n3)cc2OC(F)F)CC1. The van der Waals surface area contributed by atoms with Crippen LogP contribution in [-0.2, 0) is 0 Å². The summed E-state index contributed by atoms with van der Waals surface area (Å²) in [5.41, 5.74) is 0.248. The first-order valence-electron chi connectivity index (χ1n) is 14.0. The third-order valence-electron chi connectivity index (χ3n) is 8.31. The number of likely N-dealkylation sites (tertiary alicyclic amines) is 2. The van der Waals surface area contributed by atoms with Gasteiger partial charge >= 0.3 is 6.61 Å². The van der Waals surface area contributed by atoms with Gasteiger partial charge in [-0.3, -0.25) is 4.90 Å². The number of alkyl halides is 2. The molecule has 2 N–H and O–H groups in total. The number of hydrogen-bond donors (Lipinski definition) is 2. The number of aromatic nitrogens is 2. The van der Waals surface area contributed by atoms with E-state index >= 15 is 0 Å². The summed E-state index contributed by atoms with van der Waals surface area (Å²) in [5, 5.41) is 6.26. The number of piperidine rings is 2. The van der Waals surface area contributed by atoms with Crippen molar-refractivity contribution in [3.05, 3.63) is 30.2 Å². The molecular weight excluding hydrogens is 521 g/mol. The van der Waals surface area contributed by atoms with Crippen molar-refractivity contribution in [2.24, 2.45) is 0 Å². The molecule has 0 aliphatic carbocycles. The Morgan fingerprint density at radius 3 is 2.27 bits per heavy atom. The lowest BCUT2D eigenvalue weighted by atomic mass is 9.77. The van der Waals surface area contributed by atoms with Crippen LogP contribution in [0.5, 0.6) is 11.5 Å². The first kappa shape index (κ1) is 30.2. The molecule has 4 rings (SSSR count). The van der Waals surface area contributed by atoms with Crippen LogP contribution >= 0.6 is 0 Å². The number of hydrogen-bond acceptors (Lipinski definition) is 8. The van der Waals surface area contributed by atoms with Crippen LogP contribution in [0.25, 0.3) is 0 Å². The molecule has 0 bridgehead atoms. The molecule has 2 saturated heterocycles. The second-order valence-electron chi connectivity index (χ2n) is 12.4. The topological polar surface area (TPSA) is 74.8 Å². The van der Waals surface area contributed by atoms with Crippen LogP contribution in [0.15, 0.2) is 24.4 Å². The minimum Gasteiger partial charge on any atom is -0.486 e. The van der Waals surface area contributed by atoms with Crippen LogP contribution in [0.3, 0.4) is 0 Å². The Labute approximate surface area is 235 Å². The normalized spacial score (nSPS) is 20.6. The van der Waals surface area contributed by atoms with Gasteiger partial charge in [0.05, 0.1) is 6.20 Å². The molecule has 1 aromatic heterocycles. The van der Waals surface area contributed by atoms with E-state index in [1.54, 1.807) is 12.1 Å². The maximum Gasteiger partial charge on any atom is 0.387 e. The zero-order chi connectivity index (χ0) is 29.2. The summed E-state index contributed by atoms with van der Waals surface area (Å²) in [6, 6.07) is 5.16. The van der Waals surface area contributed by atoms with Crippen molar-refractivity contribution >= 4 is 17.5 Å². The molecule has 2 fully saturated rings. The number of nitrogens with zero attached hydrogens (tertiary/aromatic N) is 4. The zero-order valence-electron chi connectivity index (χ0n) is 24.6. The van der Waals surface area contributed by atoms with E-state index in [0.29, 0.717) is 11.7 Å². The van der Waals surface area contributed by atoms with E-state index in [1.807, 2.05) is 0 Å². The average molecular weight is 565 g/mol. The van der Waals surface area contributed by atoms with Crippen LogP contribution in [0.4, 0.5) is 30.6 Å². The van der Waals surface area contributed by atoms with Gasteiger partial charge < -0.3 is 25.0 Å². The van der Waals surface area contributed by atoms with Gasteiger partial charge in [-0.2, -0.15) is 13.8 Å². The third kappa shape index (κ3) is 7.28. The average Bonchev–Trinajstić information content (AvgIpc) is 2.86. The lowest BCUT2D eigenvalue weighted by Crippen LogP contribution is -2.61. The monoisotopic (exact) mass is 564 g/mol. The minimum atomic E-state index is -3.01. The molecule has 0 amide bonds. The second-order valence-corrected chi connectivity index (χ2v) is 12.4. The fourth-order valence-electron chi connectivity index (χ4n) is 5.89. The van der Waals surface area contributed by atoms with Crippen molar-refractivity contribution in [3.63, 3.8) is 0 Å².